The molecule has 0 fully saturated rings. The second-order valence-electron chi connectivity index (χ2n) is 6.96. The van der Waals surface area contributed by atoms with Crippen molar-refractivity contribution in [1.29, 1.82) is 0 Å². The van der Waals surface area contributed by atoms with Crippen molar-refractivity contribution >= 4 is 23.3 Å². The number of aromatic carboxylic acids is 1. The monoisotopic (exact) mass is 391 g/mol. The molecule has 1 aliphatic heterocycles. The summed E-state index contributed by atoms with van der Waals surface area (Å²) in [6.45, 7) is 3.04. The molecule has 27 heavy (non-hydrogen) atoms. The SMILES string of the molecule is CC(CF)COc1ccc(Cl)cc1CN1CCCc2c(C(=O)O)cccc21. The molecule has 0 saturated carbocycles. The van der Waals surface area contributed by atoms with Crippen LogP contribution in [0.15, 0.2) is 36.4 Å². The zero-order valence-corrected chi connectivity index (χ0v) is 16.0. The highest BCUT2D eigenvalue weighted by Crippen LogP contribution is 2.33. The van der Waals surface area contributed by atoms with Crippen molar-refractivity contribution in [3.05, 3.63) is 58.1 Å². The van der Waals surface area contributed by atoms with Crippen LogP contribution in [0.3, 0.4) is 0 Å². The molecule has 6 heteroatoms. The third-order valence-electron chi connectivity index (χ3n) is 4.75. The predicted octanol–water partition coefficient (Wildman–Crippen LogP) is 4.98. The van der Waals surface area contributed by atoms with Crippen LogP contribution in [0.4, 0.5) is 10.1 Å². The number of carbonyl (C=O) groups is 1. The molecular weight excluding hydrogens is 369 g/mol. The molecule has 0 aromatic heterocycles. The molecule has 0 spiro atoms. The number of carboxylic acid groups (broad SMARTS) is 1. The number of fused-ring (bicyclic) bond motifs is 1. The van der Waals surface area contributed by atoms with Gasteiger partial charge in [0.2, 0.25) is 0 Å². The summed E-state index contributed by atoms with van der Waals surface area (Å²) in [5.41, 5.74) is 3.06. The van der Waals surface area contributed by atoms with Gasteiger partial charge in [0.05, 0.1) is 18.8 Å². The van der Waals surface area contributed by atoms with Crippen molar-refractivity contribution in [2.75, 3.05) is 24.7 Å². The molecule has 144 valence electrons. The molecule has 0 bridgehead atoms. The summed E-state index contributed by atoms with van der Waals surface area (Å²) in [6, 6.07) is 10.8. The van der Waals surface area contributed by atoms with E-state index in [1.165, 1.54) is 0 Å². The zero-order chi connectivity index (χ0) is 19.4. The lowest BCUT2D eigenvalue weighted by Gasteiger charge is -2.32. The second-order valence-corrected chi connectivity index (χ2v) is 7.39. The van der Waals surface area contributed by atoms with Gasteiger partial charge in [0.15, 0.2) is 0 Å². The average Bonchev–Trinajstić information content (AvgIpc) is 2.66. The van der Waals surface area contributed by atoms with E-state index in [2.05, 4.69) is 4.90 Å². The minimum Gasteiger partial charge on any atom is -0.493 e. The van der Waals surface area contributed by atoms with Gasteiger partial charge < -0.3 is 14.7 Å². The van der Waals surface area contributed by atoms with E-state index in [0.717, 1.165) is 36.2 Å². The Hall–Kier alpha value is -2.27. The van der Waals surface area contributed by atoms with Crippen molar-refractivity contribution in [3.8, 4) is 5.75 Å². The van der Waals surface area contributed by atoms with E-state index in [4.69, 9.17) is 16.3 Å². The van der Waals surface area contributed by atoms with E-state index in [0.29, 0.717) is 29.5 Å². The molecule has 4 nitrogen and oxygen atoms in total. The van der Waals surface area contributed by atoms with Crippen LogP contribution in [0, 0.1) is 5.92 Å². The molecule has 3 rings (SSSR count). The molecule has 0 saturated heterocycles. The zero-order valence-electron chi connectivity index (χ0n) is 15.3. The highest BCUT2D eigenvalue weighted by molar-refractivity contribution is 6.30. The van der Waals surface area contributed by atoms with Crippen LogP contribution < -0.4 is 9.64 Å². The normalized spacial score (nSPS) is 14.6. The van der Waals surface area contributed by atoms with Gasteiger partial charge in [0.25, 0.3) is 0 Å². The fourth-order valence-electron chi connectivity index (χ4n) is 3.36. The minimum absolute atomic E-state index is 0.178. The first-order valence-corrected chi connectivity index (χ1v) is 9.44. The first-order chi connectivity index (χ1) is 13.0. The van der Waals surface area contributed by atoms with Gasteiger partial charge >= 0.3 is 5.97 Å². The number of rotatable bonds is 7. The molecule has 1 heterocycles. The van der Waals surface area contributed by atoms with Gasteiger partial charge in [-0.25, -0.2) is 4.79 Å². The summed E-state index contributed by atoms with van der Waals surface area (Å²) in [5, 5.41) is 10.1. The lowest BCUT2D eigenvalue weighted by molar-refractivity contribution is 0.0695. The van der Waals surface area contributed by atoms with Gasteiger partial charge in [-0.3, -0.25) is 4.39 Å². The van der Waals surface area contributed by atoms with Crippen LogP contribution in [0.25, 0.3) is 0 Å². The number of benzene rings is 2. The maximum absolute atomic E-state index is 12.7. The van der Waals surface area contributed by atoms with Gasteiger partial charge in [-0.1, -0.05) is 24.6 Å². The Morgan fingerprint density at radius 1 is 1.37 bits per heavy atom. The maximum Gasteiger partial charge on any atom is 0.336 e. The van der Waals surface area contributed by atoms with Crippen molar-refractivity contribution in [2.45, 2.75) is 26.3 Å². The lowest BCUT2D eigenvalue weighted by Crippen LogP contribution is -2.30. The Kier molecular flexibility index (Phi) is 6.22. The number of halogens is 2. The summed E-state index contributed by atoms with van der Waals surface area (Å²) in [5.74, 6) is -0.399. The second kappa shape index (κ2) is 8.61. The highest BCUT2D eigenvalue weighted by Gasteiger charge is 2.23. The van der Waals surface area contributed by atoms with E-state index in [-0.39, 0.29) is 5.92 Å². The topological polar surface area (TPSA) is 49.8 Å². The van der Waals surface area contributed by atoms with Crippen LogP contribution in [0.5, 0.6) is 5.75 Å². The minimum atomic E-state index is -0.902. The van der Waals surface area contributed by atoms with E-state index in [1.54, 1.807) is 31.2 Å². The van der Waals surface area contributed by atoms with E-state index in [9.17, 15) is 14.3 Å². The first kappa shape index (κ1) is 19.5. The molecule has 1 unspecified atom stereocenters. The van der Waals surface area contributed by atoms with Gasteiger partial charge in [0.1, 0.15) is 5.75 Å². The summed E-state index contributed by atoms with van der Waals surface area (Å²) in [4.78, 5) is 13.7. The molecule has 1 aliphatic rings. The van der Waals surface area contributed by atoms with Crippen LogP contribution in [-0.4, -0.2) is 30.9 Å². The van der Waals surface area contributed by atoms with Gasteiger partial charge in [0, 0.05) is 35.3 Å². The largest absolute Gasteiger partial charge is 0.493 e. The van der Waals surface area contributed by atoms with Gasteiger partial charge in [-0.15, -0.1) is 0 Å². The predicted molar refractivity (Wildman–Crippen MR) is 105 cm³/mol. The Morgan fingerprint density at radius 2 is 2.19 bits per heavy atom. The molecule has 2 aromatic rings. The van der Waals surface area contributed by atoms with Crippen molar-refractivity contribution in [1.82, 2.24) is 0 Å². The Balaban J connectivity index is 1.87. The Bertz CT molecular complexity index is 827. The van der Waals surface area contributed by atoms with Crippen molar-refractivity contribution in [3.63, 3.8) is 0 Å². The van der Waals surface area contributed by atoms with Gasteiger partial charge in [-0.2, -0.15) is 0 Å². The average molecular weight is 392 g/mol. The standard InChI is InChI=1S/C21H23ClFNO3/c1-14(11-23)13-27-20-8-7-16(22)10-15(20)12-24-9-3-5-17-18(21(25)26)4-2-6-19(17)24/h2,4,6-8,10,14H,3,5,9,11-13H2,1H3,(H,25,26). The van der Waals surface area contributed by atoms with Crippen LogP contribution in [-0.2, 0) is 13.0 Å². The third kappa shape index (κ3) is 4.53. The summed E-state index contributed by atoms with van der Waals surface area (Å²) >= 11 is 6.18. The number of ether oxygens (including phenoxy) is 1. The fraction of sp³-hybridized carbons (Fsp3) is 0.381. The molecule has 1 N–H and O–H groups in total. The number of nitrogens with zero attached hydrogens (tertiary/aromatic N) is 1. The lowest BCUT2D eigenvalue weighted by atomic mass is 9.96. The summed E-state index contributed by atoms with van der Waals surface area (Å²) in [6.07, 6.45) is 1.63. The number of carboxylic acids is 1. The number of anilines is 1. The van der Waals surface area contributed by atoms with E-state index in [1.807, 2.05) is 12.1 Å². The molecule has 0 radical (unpaired) electrons. The number of hydrogen-bond acceptors (Lipinski definition) is 3. The summed E-state index contributed by atoms with van der Waals surface area (Å²) in [7, 11) is 0. The van der Waals surface area contributed by atoms with Gasteiger partial charge in [-0.05, 0) is 48.7 Å². The quantitative estimate of drug-likeness (QED) is 0.723. The molecular formula is C21H23ClFNO3. The highest BCUT2D eigenvalue weighted by atomic mass is 35.5. The van der Waals surface area contributed by atoms with Crippen molar-refractivity contribution < 1.29 is 19.0 Å². The van der Waals surface area contributed by atoms with Crippen molar-refractivity contribution in [2.24, 2.45) is 5.92 Å². The Labute approximate surface area is 163 Å². The van der Waals surface area contributed by atoms with E-state index < -0.39 is 12.6 Å². The molecule has 0 aliphatic carbocycles. The smallest absolute Gasteiger partial charge is 0.336 e. The third-order valence-corrected chi connectivity index (χ3v) is 4.98. The van der Waals surface area contributed by atoms with Crippen LogP contribution in [0.1, 0.15) is 34.8 Å². The van der Waals surface area contributed by atoms with Crippen LogP contribution >= 0.6 is 11.6 Å². The Morgan fingerprint density at radius 3 is 2.93 bits per heavy atom. The first-order valence-electron chi connectivity index (χ1n) is 9.07. The fourth-order valence-corrected chi connectivity index (χ4v) is 3.55. The maximum atomic E-state index is 12.7. The summed E-state index contributed by atoms with van der Waals surface area (Å²) < 4.78 is 18.6. The number of alkyl halides is 1. The number of hydrogen-bond donors (Lipinski definition) is 1. The van der Waals surface area contributed by atoms with Crippen LogP contribution in [0.2, 0.25) is 5.02 Å². The molecule has 2 aromatic carbocycles. The van der Waals surface area contributed by atoms with E-state index >= 15 is 0 Å². The molecule has 0 amide bonds. The molecule has 1 atom stereocenters.